The average molecular weight is 406 g/mol. The van der Waals surface area contributed by atoms with Crippen LogP contribution in [0.2, 0.25) is 0 Å². The molecule has 0 saturated carbocycles. The second-order valence-corrected chi connectivity index (χ2v) is 9.62. The first kappa shape index (κ1) is 19.2. The Morgan fingerprint density at radius 1 is 1.22 bits per heavy atom. The molecule has 0 radical (unpaired) electrons. The Kier molecular flexibility index (Phi) is 4.87. The first-order chi connectivity index (χ1) is 12.6. The number of sulfonamides is 1. The highest BCUT2D eigenvalue weighted by atomic mass is 32.2. The van der Waals surface area contributed by atoms with Crippen molar-refractivity contribution in [3.05, 3.63) is 52.0 Å². The van der Waals surface area contributed by atoms with Crippen molar-refractivity contribution in [2.75, 3.05) is 0 Å². The molecule has 2 aromatic heterocycles. The van der Waals surface area contributed by atoms with Crippen LogP contribution in [-0.4, -0.2) is 34.5 Å². The molecular formula is C17H19N5O3S2. The van der Waals surface area contributed by atoms with Gasteiger partial charge in [-0.15, -0.1) is 16.4 Å². The summed E-state index contributed by atoms with van der Waals surface area (Å²) in [5, 5.41) is 12.5. The summed E-state index contributed by atoms with van der Waals surface area (Å²) < 4.78 is 29.2. The van der Waals surface area contributed by atoms with Crippen molar-refractivity contribution in [3.8, 4) is 5.69 Å². The highest BCUT2D eigenvalue weighted by molar-refractivity contribution is 7.90. The van der Waals surface area contributed by atoms with Crippen LogP contribution in [-0.2, 0) is 15.4 Å². The number of carbonyl (C=O) groups is 1. The summed E-state index contributed by atoms with van der Waals surface area (Å²) in [6.45, 7) is 7.69. The number of nitrogens with zero attached hydrogens (tertiary/aromatic N) is 4. The standard InChI is InChI=1S/C17H19N5O3S2/c1-11-5-6-12(17(2,3)4)9-14(11)27(24,25)19-16(23)15-13(7-8-26-15)22-10-18-20-21-22/h5-10H,1-4H3,(H,19,23). The highest BCUT2D eigenvalue weighted by Crippen LogP contribution is 2.27. The fraction of sp³-hybridized carbons (Fsp3) is 0.294. The van der Waals surface area contributed by atoms with Gasteiger partial charge in [-0.3, -0.25) is 4.79 Å². The number of thiophene rings is 1. The molecule has 1 amide bonds. The van der Waals surface area contributed by atoms with Crippen molar-refractivity contribution >= 4 is 27.3 Å². The lowest BCUT2D eigenvalue weighted by Crippen LogP contribution is -2.31. The maximum Gasteiger partial charge on any atom is 0.277 e. The molecule has 3 aromatic rings. The fourth-order valence-electron chi connectivity index (χ4n) is 2.50. The molecule has 2 heterocycles. The van der Waals surface area contributed by atoms with E-state index in [1.165, 1.54) is 11.0 Å². The number of amides is 1. The smallest absolute Gasteiger partial charge is 0.267 e. The molecular weight excluding hydrogens is 386 g/mol. The Hall–Kier alpha value is -2.59. The van der Waals surface area contributed by atoms with E-state index >= 15 is 0 Å². The van der Waals surface area contributed by atoms with Crippen LogP contribution in [0, 0.1) is 6.92 Å². The number of tetrazole rings is 1. The Bertz CT molecular complexity index is 1080. The molecule has 0 aliphatic rings. The van der Waals surface area contributed by atoms with Gasteiger partial charge in [0, 0.05) is 0 Å². The first-order valence-electron chi connectivity index (χ1n) is 8.09. The molecule has 0 bridgehead atoms. The molecule has 142 valence electrons. The second-order valence-electron chi connectivity index (χ2n) is 7.05. The molecule has 0 atom stereocenters. The maximum atomic E-state index is 12.9. The number of aromatic nitrogens is 4. The van der Waals surface area contributed by atoms with Crippen molar-refractivity contribution < 1.29 is 13.2 Å². The van der Waals surface area contributed by atoms with Gasteiger partial charge in [0.2, 0.25) is 0 Å². The van der Waals surface area contributed by atoms with Crippen LogP contribution >= 0.6 is 11.3 Å². The predicted molar refractivity (Wildman–Crippen MR) is 102 cm³/mol. The lowest BCUT2D eigenvalue weighted by molar-refractivity contribution is 0.0985. The third-order valence-electron chi connectivity index (χ3n) is 4.02. The summed E-state index contributed by atoms with van der Waals surface area (Å²) in [5.74, 6) is -0.726. The van der Waals surface area contributed by atoms with Crippen LogP contribution in [0.5, 0.6) is 0 Å². The normalized spacial score (nSPS) is 12.1. The minimum absolute atomic E-state index is 0.0869. The van der Waals surface area contributed by atoms with Gasteiger partial charge < -0.3 is 0 Å². The number of aryl methyl sites for hydroxylation is 1. The van der Waals surface area contributed by atoms with Gasteiger partial charge in [-0.05, 0) is 51.4 Å². The van der Waals surface area contributed by atoms with Crippen LogP contribution in [0.3, 0.4) is 0 Å². The van der Waals surface area contributed by atoms with Gasteiger partial charge >= 0.3 is 0 Å². The Morgan fingerprint density at radius 2 is 1.96 bits per heavy atom. The number of rotatable bonds is 4. The lowest BCUT2D eigenvalue weighted by Gasteiger charge is -2.20. The Labute approximate surface area is 161 Å². The third kappa shape index (κ3) is 3.91. The SMILES string of the molecule is Cc1ccc(C(C)(C)C)cc1S(=O)(=O)NC(=O)c1sccc1-n1cnnn1. The summed E-state index contributed by atoms with van der Waals surface area (Å²) in [4.78, 5) is 12.9. The van der Waals surface area contributed by atoms with E-state index in [9.17, 15) is 13.2 Å². The number of benzene rings is 1. The van der Waals surface area contributed by atoms with E-state index < -0.39 is 15.9 Å². The first-order valence-corrected chi connectivity index (χ1v) is 10.4. The summed E-state index contributed by atoms with van der Waals surface area (Å²) in [7, 11) is -4.04. The predicted octanol–water partition coefficient (Wildman–Crippen LogP) is 2.45. The third-order valence-corrected chi connectivity index (χ3v) is 6.39. The number of carbonyl (C=O) groups excluding carboxylic acids is 1. The van der Waals surface area contributed by atoms with Crippen LogP contribution in [0.4, 0.5) is 0 Å². The van der Waals surface area contributed by atoms with E-state index in [1.54, 1.807) is 30.5 Å². The molecule has 0 unspecified atom stereocenters. The summed E-state index contributed by atoms with van der Waals surface area (Å²) in [6, 6.07) is 6.90. The molecule has 1 aromatic carbocycles. The molecule has 8 nitrogen and oxygen atoms in total. The molecule has 0 saturated heterocycles. The number of hydrogen-bond donors (Lipinski definition) is 1. The van der Waals surface area contributed by atoms with Gasteiger partial charge in [0.05, 0.1) is 10.6 Å². The fourth-order valence-corrected chi connectivity index (χ4v) is 4.57. The molecule has 27 heavy (non-hydrogen) atoms. The molecule has 0 spiro atoms. The zero-order chi connectivity index (χ0) is 19.8. The van der Waals surface area contributed by atoms with Gasteiger partial charge in [0.1, 0.15) is 11.2 Å². The van der Waals surface area contributed by atoms with Crippen LogP contribution in [0.15, 0.2) is 40.9 Å². The topological polar surface area (TPSA) is 107 Å². The van der Waals surface area contributed by atoms with E-state index in [1.807, 2.05) is 26.8 Å². The van der Waals surface area contributed by atoms with Crippen molar-refractivity contribution in [1.29, 1.82) is 0 Å². The summed E-state index contributed by atoms with van der Waals surface area (Å²) >= 11 is 1.11. The van der Waals surface area contributed by atoms with Gasteiger partial charge in [0.25, 0.3) is 15.9 Å². The van der Waals surface area contributed by atoms with Crippen LogP contribution < -0.4 is 4.72 Å². The zero-order valence-electron chi connectivity index (χ0n) is 15.3. The second kappa shape index (κ2) is 6.86. The molecule has 0 aliphatic heterocycles. The van der Waals surface area contributed by atoms with Crippen LogP contribution in [0.1, 0.15) is 41.6 Å². The largest absolute Gasteiger partial charge is 0.277 e. The molecule has 0 aliphatic carbocycles. The zero-order valence-corrected chi connectivity index (χ0v) is 16.9. The lowest BCUT2D eigenvalue weighted by atomic mass is 9.87. The van der Waals surface area contributed by atoms with Gasteiger partial charge in [0.15, 0.2) is 0 Å². The van der Waals surface area contributed by atoms with E-state index in [2.05, 4.69) is 20.2 Å². The maximum absolute atomic E-state index is 12.9. The quantitative estimate of drug-likeness (QED) is 0.714. The van der Waals surface area contributed by atoms with E-state index in [-0.39, 0.29) is 15.2 Å². The van der Waals surface area contributed by atoms with E-state index in [0.29, 0.717) is 11.3 Å². The van der Waals surface area contributed by atoms with E-state index in [0.717, 1.165) is 16.9 Å². The van der Waals surface area contributed by atoms with Gasteiger partial charge in [-0.25, -0.2) is 13.1 Å². The van der Waals surface area contributed by atoms with E-state index in [4.69, 9.17) is 0 Å². The molecule has 0 fully saturated rings. The number of hydrogen-bond acceptors (Lipinski definition) is 7. The van der Waals surface area contributed by atoms with Gasteiger partial charge in [-0.1, -0.05) is 32.9 Å². The minimum Gasteiger partial charge on any atom is -0.267 e. The summed E-state index contributed by atoms with van der Waals surface area (Å²) in [6.07, 6.45) is 1.34. The van der Waals surface area contributed by atoms with Crippen molar-refractivity contribution in [1.82, 2.24) is 24.9 Å². The molecule has 3 rings (SSSR count). The van der Waals surface area contributed by atoms with Gasteiger partial charge in [-0.2, -0.15) is 4.68 Å². The Morgan fingerprint density at radius 3 is 2.59 bits per heavy atom. The molecule has 1 N–H and O–H groups in total. The monoisotopic (exact) mass is 405 g/mol. The van der Waals surface area contributed by atoms with Crippen molar-refractivity contribution in [2.24, 2.45) is 0 Å². The molecule has 10 heteroatoms. The van der Waals surface area contributed by atoms with Crippen molar-refractivity contribution in [3.63, 3.8) is 0 Å². The van der Waals surface area contributed by atoms with Crippen LogP contribution in [0.25, 0.3) is 5.69 Å². The Balaban J connectivity index is 1.94. The highest BCUT2D eigenvalue weighted by Gasteiger charge is 2.25. The summed E-state index contributed by atoms with van der Waals surface area (Å²) in [5.41, 5.74) is 1.63. The van der Waals surface area contributed by atoms with Crippen molar-refractivity contribution in [2.45, 2.75) is 38.0 Å². The number of nitrogens with one attached hydrogen (secondary N) is 1. The average Bonchev–Trinajstić information content (AvgIpc) is 3.24. The minimum atomic E-state index is -4.04.